The zero-order chi connectivity index (χ0) is 16.1. The van der Waals surface area contributed by atoms with Crippen molar-refractivity contribution in [3.05, 3.63) is 46.7 Å². The summed E-state index contributed by atoms with van der Waals surface area (Å²) in [5.74, 6) is 0.922. The van der Waals surface area contributed by atoms with E-state index in [0.29, 0.717) is 6.42 Å². The second-order valence-electron chi connectivity index (χ2n) is 6.34. The summed E-state index contributed by atoms with van der Waals surface area (Å²) >= 11 is 1.70. The van der Waals surface area contributed by atoms with Gasteiger partial charge in [-0.1, -0.05) is 13.0 Å². The molecule has 4 heteroatoms. The molecule has 1 amide bonds. The van der Waals surface area contributed by atoms with Crippen molar-refractivity contribution in [2.24, 2.45) is 5.92 Å². The van der Waals surface area contributed by atoms with Crippen molar-refractivity contribution in [2.75, 3.05) is 23.3 Å². The van der Waals surface area contributed by atoms with E-state index in [-0.39, 0.29) is 5.91 Å². The van der Waals surface area contributed by atoms with E-state index in [0.717, 1.165) is 31.1 Å². The van der Waals surface area contributed by atoms with Gasteiger partial charge in [0.25, 0.3) is 0 Å². The Labute approximate surface area is 142 Å². The van der Waals surface area contributed by atoms with Crippen LogP contribution in [0.15, 0.2) is 41.8 Å². The Bertz CT molecular complexity index is 613. The van der Waals surface area contributed by atoms with Crippen LogP contribution in [0.5, 0.6) is 0 Å². The zero-order valence-electron chi connectivity index (χ0n) is 13.6. The zero-order valence-corrected chi connectivity index (χ0v) is 14.4. The van der Waals surface area contributed by atoms with Gasteiger partial charge in [-0.2, -0.15) is 0 Å². The lowest BCUT2D eigenvalue weighted by Gasteiger charge is -2.32. The largest absolute Gasteiger partial charge is 0.372 e. The Morgan fingerprint density at radius 1 is 1.22 bits per heavy atom. The van der Waals surface area contributed by atoms with Crippen LogP contribution in [0.25, 0.3) is 0 Å². The smallest absolute Gasteiger partial charge is 0.224 e. The Balaban J connectivity index is 1.50. The van der Waals surface area contributed by atoms with Crippen molar-refractivity contribution >= 4 is 28.6 Å². The predicted molar refractivity (Wildman–Crippen MR) is 98.3 cm³/mol. The number of hydrogen-bond donors (Lipinski definition) is 1. The summed E-state index contributed by atoms with van der Waals surface area (Å²) in [5.41, 5.74) is 2.14. The Morgan fingerprint density at radius 3 is 2.61 bits per heavy atom. The number of rotatable bonds is 5. The molecule has 1 fully saturated rings. The van der Waals surface area contributed by atoms with Crippen LogP contribution in [0, 0.1) is 5.92 Å². The maximum absolute atomic E-state index is 12.0. The number of piperidine rings is 1. The molecule has 3 nitrogen and oxygen atoms in total. The molecule has 1 N–H and O–H groups in total. The highest BCUT2D eigenvalue weighted by Crippen LogP contribution is 2.24. The molecule has 0 radical (unpaired) electrons. The fourth-order valence-corrected chi connectivity index (χ4v) is 3.65. The first-order valence-corrected chi connectivity index (χ1v) is 9.26. The second kappa shape index (κ2) is 7.64. The van der Waals surface area contributed by atoms with Gasteiger partial charge in [-0.25, -0.2) is 0 Å². The number of nitrogens with zero attached hydrogens (tertiary/aromatic N) is 1. The lowest BCUT2D eigenvalue weighted by molar-refractivity contribution is -0.116. The van der Waals surface area contributed by atoms with Gasteiger partial charge in [-0.05, 0) is 60.9 Å². The Hall–Kier alpha value is -1.81. The van der Waals surface area contributed by atoms with Crippen molar-refractivity contribution < 1.29 is 4.79 Å². The van der Waals surface area contributed by atoms with Crippen LogP contribution in [-0.2, 0) is 11.2 Å². The van der Waals surface area contributed by atoms with Gasteiger partial charge in [-0.3, -0.25) is 4.79 Å². The van der Waals surface area contributed by atoms with Gasteiger partial charge < -0.3 is 10.2 Å². The van der Waals surface area contributed by atoms with Gasteiger partial charge in [0.05, 0.1) is 0 Å². The number of carbonyl (C=O) groups is 1. The minimum Gasteiger partial charge on any atom is -0.372 e. The summed E-state index contributed by atoms with van der Waals surface area (Å²) in [6.45, 7) is 4.59. The topological polar surface area (TPSA) is 32.3 Å². The van der Waals surface area contributed by atoms with Crippen LogP contribution in [0.3, 0.4) is 0 Å². The first-order chi connectivity index (χ1) is 11.2. The number of carbonyl (C=O) groups excluding carboxylic acids is 1. The minimum absolute atomic E-state index is 0.0814. The van der Waals surface area contributed by atoms with Crippen LogP contribution in [0.4, 0.5) is 11.4 Å². The van der Waals surface area contributed by atoms with Crippen LogP contribution >= 0.6 is 11.3 Å². The van der Waals surface area contributed by atoms with E-state index in [1.807, 2.05) is 23.6 Å². The maximum Gasteiger partial charge on any atom is 0.224 e. The molecule has 2 heterocycles. The van der Waals surface area contributed by atoms with E-state index in [2.05, 4.69) is 35.3 Å². The molecule has 0 aliphatic carbocycles. The highest BCUT2D eigenvalue weighted by atomic mass is 32.1. The molecule has 1 aromatic carbocycles. The molecular formula is C19H24N2OS. The molecule has 0 atom stereocenters. The fraction of sp³-hybridized carbons (Fsp3) is 0.421. The summed E-state index contributed by atoms with van der Waals surface area (Å²) in [5, 5.41) is 5.04. The molecule has 0 saturated carbocycles. The molecule has 1 aromatic heterocycles. The van der Waals surface area contributed by atoms with E-state index < -0.39 is 0 Å². The third kappa shape index (κ3) is 4.58. The average Bonchev–Trinajstić information content (AvgIpc) is 3.08. The molecule has 0 bridgehead atoms. The van der Waals surface area contributed by atoms with Gasteiger partial charge in [0.15, 0.2) is 0 Å². The highest BCUT2D eigenvalue weighted by molar-refractivity contribution is 7.09. The van der Waals surface area contributed by atoms with Crippen molar-refractivity contribution in [1.82, 2.24) is 0 Å². The van der Waals surface area contributed by atoms with E-state index in [1.165, 1.54) is 23.4 Å². The van der Waals surface area contributed by atoms with Gasteiger partial charge in [0.1, 0.15) is 0 Å². The van der Waals surface area contributed by atoms with Gasteiger partial charge >= 0.3 is 0 Å². The fourth-order valence-electron chi connectivity index (χ4n) is 2.94. The first kappa shape index (κ1) is 16.1. The van der Waals surface area contributed by atoms with Crippen LogP contribution < -0.4 is 10.2 Å². The number of thiophene rings is 1. The summed E-state index contributed by atoms with van der Waals surface area (Å²) in [6.07, 6.45) is 3.88. The lowest BCUT2D eigenvalue weighted by atomic mass is 9.99. The Morgan fingerprint density at radius 2 is 1.96 bits per heavy atom. The van der Waals surface area contributed by atoms with Crippen molar-refractivity contribution in [2.45, 2.75) is 32.6 Å². The molecule has 0 spiro atoms. The molecule has 3 rings (SSSR count). The molecule has 1 aliphatic heterocycles. The summed E-state index contributed by atoms with van der Waals surface area (Å²) in [6, 6.07) is 12.4. The van der Waals surface area contributed by atoms with E-state index in [4.69, 9.17) is 0 Å². The number of anilines is 2. The summed E-state index contributed by atoms with van der Waals surface area (Å²) < 4.78 is 0. The SMILES string of the molecule is CC1CCN(c2ccc(NC(=O)CCc3cccs3)cc2)CC1. The van der Waals surface area contributed by atoms with E-state index >= 15 is 0 Å². The van der Waals surface area contributed by atoms with Crippen LogP contribution in [0.2, 0.25) is 0 Å². The van der Waals surface area contributed by atoms with Gasteiger partial charge in [0, 0.05) is 35.8 Å². The standard InChI is InChI=1S/C19H24N2OS/c1-15-10-12-21(13-11-15)17-6-4-16(5-7-17)20-19(22)9-8-18-3-2-14-23-18/h2-7,14-15H,8-13H2,1H3,(H,20,22). The number of amides is 1. The maximum atomic E-state index is 12.0. The number of aryl methyl sites for hydroxylation is 1. The third-order valence-electron chi connectivity index (χ3n) is 4.48. The van der Waals surface area contributed by atoms with Gasteiger partial charge in [0.2, 0.25) is 5.91 Å². The number of benzene rings is 1. The van der Waals surface area contributed by atoms with E-state index in [1.54, 1.807) is 11.3 Å². The molecule has 1 aliphatic rings. The molecular weight excluding hydrogens is 304 g/mol. The van der Waals surface area contributed by atoms with Crippen molar-refractivity contribution in [3.8, 4) is 0 Å². The monoisotopic (exact) mass is 328 g/mol. The molecule has 2 aromatic rings. The molecule has 0 unspecified atom stereocenters. The Kier molecular flexibility index (Phi) is 5.34. The highest BCUT2D eigenvalue weighted by Gasteiger charge is 2.15. The molecule has 122 valence electrons. The molecule has 23 heavy (non-hydrogen) atoms. The van der Waals surface area contributed by atoms with Crippen molar-refractivity contribution in [1.29, 1.82) is 0 Å². The molecule has 1 saturated heterocycles. The summed E-state index contributed by atoms with van der Waals surface area (Å²) in [4.78, 5) is 15.7. The lowest BCUT2D eigenvalue weighted by Crippen LogP contribution is -2.32. The third-order valence-corrected chi connectivity index (χ3v) is 5.41. The van der Waals surface area contributed by atoms with Crippen LogP contribution in [0.1, 0.15) is 31.1 Å². The van der Waals surface area contributed by atoms with Crippen molar-refractivity contribution in [3.63, 3.8) is 0 Å². The first-order valence-electron chi connectivity index (χ1n) is 8.38. The quantitative estimate of drug-likeness (QED) is 0.873. The summed E-state index contributed by atoms with van der Waals surface area (Å²) in [7, 11) is 0. The average molecular weight is 328 g/mol. The second-order valence-corrected chi connectivity index (χ2v) is 7.38. The number of hydrogen-bond acceptors (Lipinski definition) is 3. The predicted octanol–water partition coefficient (Wildman–Crippen LogP) is 4.56. The normalized spacial score (nSPS) is 15.6. The van der Waals surface area contributed by atoms with E-state index in [9.17, 15) is 4.79 Å². The minimum atomic E-state index is 0.0814. The van der Waals surface area contributed by atoms with Crippen LogP contribution in [-0.4, -0.2) is 19.0 Å². The number of nitrogens with one attached hydrogen (secondary N) is 1. The van der Waals surface area contributed by atoms with Gasteiger partial charge in [-0.15, -0.1) is 11.3 Å².